The number of hydrogen-bond acceptors (Lipinski definition) is 4. The van der Waals surface area contributed by atoms with E-state index >= 15 is 4.39 Å². The lowest BCUT2D eigenvalue weighted by Gasteiger charge is -2.38. The number of ether oxygens (including phenoxy) is 1. The van der Waals surface area contributed by atoms with Gasteiger partial charge in [0.2, 0.25) is 0 Å². The van der Waals surface area contributed by atoms with Gasteiger partial charge in [-0.2, -0.15) is 0 Å². The summed E-state index contributed by atoms with van der Waals surface area (Å²) in [6.07, 6.45) is 9.46. The van der Waals surface area contributed by atoms with Crippen molar-refractivity contribution in [3.63, 3.8) is 0 Å². The van der Waals surface area contributed by atoms with E-state index < -0.39 is 12.1 Å². The normalized spacial score (nSPS) is 23.1. The van der Waals surface area contributed by atoms with Gasteiger partial charge in [-0.25, -0.2) is 4.39 Å². The lowest BCUT2D eigenvalue weighted by atomic mass is 9.79. The minimum Gasteiger partial charge on any atom is -0.497 e. The Labute approximate surface area is 196 Å². The standard InChI is InChI=1S/C27H37FN2O3/c1-33-22-7-9-26-24(17-22)23(10-13-29-26)25(28)8-6-20-12-15-30(18-21(20)16-27(31)32)14-11-19-4-2-3-5-19/h7,9-10,13,17,19-21,25H,2-6,8,11-12,14-16,18H2,1H3,(H,31,32)/t20-,21+,25-/m1/s1. The van der Waals surface area contributed by atoms with Crippen LogP contribution in [0.5, 0.6) is 5.75 Å². The number of carboxylic acid groups (broad SMARTS) is 1. The summed E-state index contributed by atoms with van der Waals surface area (Å²) in [4.78, 5) is 18.4. The van der Waals surface area contributed by atoms with E-state index in [1.54, 1.807) is 19.4 Å². The van der Waals surface area contributed by atoms with Crippen LogP contribution in [0.2, 0.25) is 0 Å². The highest BCUT2D eigenvalue weighted by molar-refractivity contribution is 5.83. The number of nitrogens with zero attached hydrogens (tertiary/aromatic N) is 2. The van der Waals surface area contributed by atoms with Crippen molar-refractivity contribution in [2.75, 3.05) is 26.7 Å². The van der Waals surface area contributed by atoms with Crippen LogP contribution in [0.4, 0.5) is 4.39 Å². The zero-order valence-electron chi connectivity index (χ0n) is 19.7. The van der Waals surface area contributed by atoms with E-state index in [1.165, 1.54) is 32.1 Å². The predicted octanol–water partition coefficient (Wildman–Crippen LogP) is 6.03. The van der Waals surface area contributed by atoms with E-state index in [-0.39, 0.29) is 18.3 Å². The van der Waals surface area contributed by atoms with Crippen LogP contribution >= 0.6 is 0 Å². The molecule has 0 unspecified atom stereocenters. The van der Waals surface area contributed by atoms with Crippen molar-refractivity contribution in [2.24, 2.45) is 17.8 Å². The quantitative estimate of drug-likeness (QED) is 0.473. The largest absolute Gasteiger partial charge is 0.497 e. The van der Waals surface area contributed by atoms with E-state index in [1.807, 2.05) is 18.2 Å². The van der Waals surface area contributed by atoms with Crippen LogP contribution in [0.15, 0.2) is 30.5 Å². The number of hydrogen-bond donors (Lipinski definition) is 1. The molecule has 1 aliphatic heterocycles. The molecule has 2 aromatic rings. The molecule has 33 heavy (non-hydrogen) atoms. The summed E-state index contributed by atoms with van der Waals surface area (Å²) in [5, 5.41) is 10.3. The first-order valence-electron chi connectivity index (χ1n) is 12.5. The maximum Gasteiger partial charge on any atom is 0.303 e. The summed E-state index contributed by atoms with van der Waals surface area (Å²) >= 11 is 0. The lowest BCUT2D eigenvalue weighted by Crippen LogP contribution is -2.42. The Morgan fingerprint density at radius 3 is 2.79 bits per heavy atom. The molecule has 1 aliphatic carbocycles. The monoisotopic (exact) mass is 456 g/mol. The Morgan fingerprint density at radius 2 is 2.03 bits per heavy atom. The molecule has 5 nitrogen and oxygen atoms in total. The van der Waals surface area contributed by atoms with E-state index in [9.17, 15) is 9.90 Å². The number of piperidine rings is 1. The molecule has 4 rings (SSSR count). The molecule has 6 heteroatoms. The van der Waals surface area contributed by atoms with Crippen molar-refractivity contribution in [2.45, 2.75) is 64.0 Å². The van der Waals surface area contributed by atoms with Crippen LogP contribution in [-0.2, 0) is 4.79 Å². The first kappa shape index (κ1) is 23.9. The maximum absolute atomic E-state index is 15.4. The zero-order valence-corrected chi connectivity index (χ0v) is 19.7. The fourth-order valence-corrected chi connectivity index (χ4v) is 5.92. The summed E-state index contributed by atoms with van der Waals surface area (Å²) in [5.41, 5.74) is 1.40. The molecule has 3 atom stereocenters. The van der Waals surface area contributed by atoms with Crippen molar-refractivity contribution in [1.82, 2.24) is 9.88 Å². The molecule has 1 saturated heterocycles. The van der Waals surface area contributed by atoms with E-state index in [0.717, 1.165) is 42.9 Å². The fraction of sp³-hybridized carbons (Fsp3) is 0.630. The number of rotatable bonds is 10. The third kappa shape index (κ3) is 6.23. The Morgan fingerprint density at radius 1 is 1.21 bits per heavy atom. The summed E-state index contributed by atoms with van der Waals surface area (Å²) < 4.78 is 20.7. The number of aromatic nitrogens is 1. The van der Waals surface area contributed by atoms with Gasteiger partial charge in [0.1, 0.15) is 11.9 Å². The molecule has 0 spiro atoms. The molecular formula is C27H37FN2O3. The Kier molecular flexibility index (Phi) is 8.18. The number of halogens is 1. The van der Waals surface area contributed by atoms with Crippen molar-refractivity contribution in [3.05, 3.63) is 36.0 Å². The second-order valence-corrected chi connectivity index (χ2v) is 9.97. The molecule has 1 saturated carbocycles. The van der Waals surface area contributed by atoms with E-state index in [0.29, 0.717) is 24.2 Å². The minimum atomic E-state index is -1.10. The van der Waals surface area contributed by atoms with Crippen molar-refractivity contribution < 1.29 is 19.0 Å². The lowest BCUT2D eigenvalue weighted by molar-refractivity contribution is -0.139. The molecule has 0 bridgehead atoms. The van der Waals surface area contributed by atoms with Gasteiger partial charge in [0.15, 0.2) is 0 Å². The van der Waals surface area contributed by atoms with Gasteiger partial charge < -0.3 is 14.7 Å². The average Bonchev–Trinajstić information content (AvgIpc) is 3.34. The first-order chi connectivity index (χ1) is 16.0. The van der Waals surface area contributed by atoms with Crippen molar-refractivity contribution in [3.8, 4) is 5.75 Å². The molecule has 180 valence electrons. The van der Waals surface area contributed by atoms with Gasteiger partial charge in [0, 0.05) is 24.5 Å². The molecule has 1 aromatic heterocycles. The van der Waals surface area contributed by atoms with Crippen molar-refractivity contribution >= 4 is 16.9 Å². The van der Waals surface area contributed by atoms with Crippen molar-refractivity contribution in [1.29, 1.82) is 0 Å². The molecule has 2 heterocycles. The SMILES string of the molecule is COc1ccc2nccc([C@H](F)CC[C@@H]3CCN(CCC4CCCC4)C[C@@H]3CC(=O)O)c2c1. The van der Waals surface area contributed by atoms with E-state index in [2.05, 4.69) is 9.88 Å². The second kappa shape index (κ2) is 11.3. The smallest absolute Gasteiger partial charge is 0.303 e. The number of benzene rings is 1. The molecule has 2 fully saturated rings. The van der Waals surface area contributed by atoms with Gasteiger partial charge in [-0.1, -0.05) is 25.7 Å². The van der Waals surface area contributed by atoms with Crippen LogP contribution in [0.3, 0.4) is 0 Å². The summed E-state index contributed by atoms with van der Waals surface area (Å²) in [5.74, 6) is 1.15. The summed E-state index contributed by atoms with van der Waals surface area (Å²) in [7, 11) is 1.60. The van der Waals surface area contributed by atoms with Gasteiger partial charge in [-0.3, -0.25) is 9.78 Å². The Bertz CT molecular complexity index is 931. The second-order valence-electron chi connectivity index (χ2n) is 9.97. The van der Waals surface area contributed by atoms with Gasteiger partial charge >= 0.3 is 5.97 Å². The van der Waals surface area contributed by atoms with E-state index in [4.69, 9.17) is 4.74 Å². The molecular weight excluding hydrogens is 419 g/mol. The van der Waals surface area contributed by atoms with Crippen LogP contribution in [-0.4, -0.2) is 47.7 Å². The highest BCUT2D eigenvalue weighted by Gasteiger charge is 2.32. The van der Waals surface area contributed by atoms with Gasteiger partial charge in [-0.05, 0) is 86.4 Å². The number of alkyl halides is 1. The highest BCUT2D eigenvalue weighted by atomic mass is 19.1. The van der Waals surface area contributed by atoms with Gasteiger partial charge in [0.05, 0.1) is 12.6 Å². The number of fused-ring (bicyclic) bond motifs is 1. The molecule has 0 amide bonds. The van der Waals surface area contributed by atoms with Crippen LogP contribution in [0.25, 0.3) is 10.9 Å². The maximum atomic E-state index is 15.4. The van der Waals surface area contributed by atoms with Crippen LogP contribution < -0.4 is 4.74 Å². The predicted molar refractivity (Wildman–Crippen MR) is 128 cm³/mol. The molecule has 1 aromatic carbocycles. The Balaban J connectivity index is 1.37. The minimum absolute atomic E-state index is 0.0984. The zero-order chi connectivity index (χ0) is 23.2. The average molecular weight is 457 g/mol. The summed E-state index contributed by atoms with van der Waals surface area (Å²) in [6, 6.07) is 7.30. The number of methoxy groups -OCH3 is 1. The molecule has 2 aliphatic rings. The third-order valence-electron chi connectivity index (χ3n) is 7.85. The molecule has 1 N–H and O–H groups in total. The number of pyridine rings is 1. The highest BCUT2D eigenvalue weighted by Crippen LogP contribution is 2.36. The number of carbonyl (C=O) groups is 1. The number of carboxylic acids is 1. The van der Waals surface area contributed by atoms with Gasteiger partial charge in [0.25, 0.3) is 0 Å². The first-order valence-corrected chi connectivity index (χ1v) is 12.5. The number of aliphatic carboxylic acids is 1. The van der Waals surface area contributed by atoms with Crippen LogP contribution in [0, 0.1) is 17.8 Å². The van der Waals surface area contributed by atoms with Gasteiger partial charge in [-0.15, -0.1) is 0 Å². The van der Waals surface area contributed by atoms with Crippen LogP contribution in [0.1, 0.15) is 69.5 Å². The molecule has 0 radical (unpaired) electrons. The summed E-state index contributed by atoms with van der Waals surface area (Å²) in [6.45, 7) is 2.90. The fourth-order valence-electron chi connectivity index (χ4n) is 5.92. The number of likely N-dealkylation sites (tertiary alicyclic amines) is 1. The Hall–Kier alpha value is -2.21. The topological polar surface area (TPSA) is 62.7 Å². The third-order valence-corrected chi connectivity index (χ3v) is 7.85.